The summed E-state index contributed by atoms with van der Waals surface area (Å²) >= 11 is 7.56. The number of carbonyl (C=O) groups is 1. The second kappa shape index (κ2) is 9.77. The predicted molar refractivity (Wildman–Crippen MR) is 137 cm³/mol. The minimum atomic E-state index is -0.410. The lowest BCUT2D eigenvalue weighted by atomic mass is 9.98. The minimum absolute atomic E-state index is 0.0383. The molecule has 2 aromatic rings. The molecule has 0 radical (unpaired) electrons. The van der Waals surface area contributed by atoms with E-state index in [1.54, 1.807) is 0 Å². The van der Waals surface area contributed by atoms with Gasteiger partial charge in [0.05, 0.1) is 11.5 Å². The van der Waals surface area contributed by atoms with Gasteiger partial charge < -0.3 is 10.2 Å². The van der Waals surface area contributed by atoms with Crippen LogP contribution in [0.1, 0.15) is 36.5 Å². The minimum Gasteiger partial charge on any atom is -0.325 e. The molecule has 2 aliphatic rings. The van der Waals surface area contributed by atoms with E-state index < -0.39 is 5.66 Å². The van der Waals surface area contributed by atoms with Gasteiger partial charge in [-0.05, 0) is 49.7 Å². The topological polar surface area (TPSA) is 57.1 Å². The van der Waals surface area contributed by atoms with Crippen molar-refractivity contribution in [1.29, 1.82) is 0 Å². The summed E-state index contributed by atoms with van der Waals surface area (Å²) in [6, 6.07) is 13.7. The number of hydrogen-bond donors (Lipinski definition) is 1. The van der Waals surface area contributed by atoms with Gasteiger partial charge in [-0.3, -0.25) is 9.79 Å². The Morgan fingerprint density at radius 3 is 2.53 bits per heavy atom. The molecular formula is C25H29ClN4OS. The summed E-state index contributed by atoms with van der Waals surface area (Å²) in [6.07, 6.45) is 1.80. The third-order valence-corrected chi connectivity index (χ3v) is 7.49. The number of nitrogens with one attached hydrogen (secondary N) is 1. The number of halogens is 1. The lowest BCUT2D eigenvalue weighted by molar-refractivity contribution is -0.113. The molecule has 0 aliphatic carbocycles. The molecule has 1 fully saturated rings. The van der Waals surface area contributed by atoms with E-state index in [2.05, 4.69) is 17.1 Å². The summed E-state index contributed by atoms with van der Waals surface area (Å²) in [4.78, 5) is 25.3. The fourth-order valence-electron chi connectivity index (χ4n) is 4.08. The van der Waals surface area contributed by atoms with Crippen LogP contribution in [0.4, 0.5) is 5.69 Å². The molecule has 0 unspecified atom stereocenters. The maximum atomic E-state index is 12.7. The first kappa shape index (κ1) is 23.0. The molecule has 32 heavy (non-hydrogen) atoms. The molecule has 1 spiro atoms. The second-order valence-corrected chi connectivity index (χ2v) is 9.79. The van der Waals surface area contributed by atoms with E-state index in [0.717, 1.165) is 65.6 Å². The molecule has 1 saturated heterocycles. The number of piperidine rings is 1. The standard InChI is InChI=1S/C25H29ClN4OS/c1-4-30-14-12-25(13-15-30)28-23(19-8-10-20(26)11-9-19)24(29-25)32-16-22(31)27-21-7-5-6-17(2)18(21)3/h5-11H,4,12-16H2,1-3H3,(H,27,31). The van der Waals surface area contributed by atoms with Gasteiger partial charge in [-0.1, -0.05) is 54.6 Å². The number of benzene rings is 2. The van der Waals surface area contributed by atoms with E-state index in [1.807, 2.05) is 56.3 Å². The number of thioether (sulfide) groups is 1. The second-order valence-electron chi connectivity index (χ2n) is 8.39. The lowest BCUT2D eigenvalue weighted by Crippen LogP contribution is -2.41. The van der Waals surface area contributed by atoms with E-state index in [9.17, 15) is 4.79 Å². The highest BCUT2D eigenvalue weighted by atomic mass is 35.5. The first-order valence-electron chi connectivity index (χ1n) is 11.1. The quantitative estimate of drug-likeness (QED) is 0.644. The van der Waals surface area contributed by atoms with E-state index in [0.29, 0.717) is 5.02 Å². The smallest absolute Gasteiger partial charge is 0.234 e. The molecule has 0 aromatic heterocycles. The van der Waals surface area contributed by atoms with Crippen molar-refractivity contribution in [2.24, 2.45) is 9.98 Å². The van der Waals surface area contributed by atoms with Gasteiger partial charge in [0.15, 0.2) is 5.66 Å². The van der Waals surface area contributed by atoms with Crippen molar-refractivity contribution in [3.05, 3.63) is 64.2 Å². The number of hydrogen-bond acceptors (Lipinski definition) is 5. The van der Waals surface area contributed by atoms with E-state index >= 15 is 0 Å². The Hall–Kier alpha value is -2.15. The van der Waals surface area contributed by atoms with Gasteiger partial charge in [0, 0.05) is 42.2 Å². The number of carbonyl (C=O) groups excluding carboxylic acids is 1. The van der Waals surface area contributed by atoms with Crippen LogP contribution in [0.3, 0.4) is 0 Å². The number of amides is 1. The highest BCUT2D eigenvalue weighted by Crippen LogP contribution is 2.35. The largest absolute Gasteiger partial charge is 0.325 e. The van der Waals surface area contributed by atoms with Crippen LogP contribution in [0.25, 0.3) is 0 Å². The van der Waals surface area contributed by atoms with Crippen molar-refractivity contribution in [3.8, 4) is 0 Å². The molecule has 0 saturated carbocycles. The van der Waals surface area contributed by atoms with Crippen LogP contribution in [0.2, 0.25) is 5.02 Å². The van der Waals surface area contributed by atoms with Crippen molar-refractivity contribution in [1.82, 2.24) is 4.90 Å². The molecule has 1 amide bonds. The molecule has 0 atom stereocenters. The van der Waals surface area contributed by atoms with E-state index in [-0.39, 0.29) is 11.7 Å². The van der Waals surface area contributed by atoms with Crippen LogP contribution in [-0.2, 0) is 4.79 Å². The van der Waals surface area contributed by atoms with Gasteiger partial charge in [-0.2, -0.15) is 0 Å². The summed E-state index contributed by atoms with van der Waals surface area (Å²) in [5, 5.41) is 4.58. The summed E-state index contributed by atoms with van der Waals surface area (Å²) in [6.45, 7) is 9.29. The molecule has 0 bridgehead atoms. The molecule has 168 valence electrons. The summed E-state index contributed by atoms with van der Waals surface area (Å²) in [5.74, 6) is 0.249. The van der Waals surface area contributed by atoms with Gasteiger partial charge in [0.1, 0.15) is 5.04 Å². The van der Waals surface area contributed by atoms with Gasteiger partial charge in [-0.25, -0.2) is 4.99 Å². The Balaban J connectivity index is 1.51. The number of anilines is 1. The van der Waals surface area contributed by atoms with Gasteiger partial charge in [0.25, 0.3) is 0 Å². The monoisotopic (exact) mass is 468 g/mol. The fraction of sp³-hybridized carbons (Fsp3) is 0.400. The number of aliphatic imine (C=N–C) groups is 2. The van der Waals surface area contributed by atoms with Crippen LogP contribution < -0.4 is 5.32 Å². The van der Waals surface area contributed by atoms with Crippen LogP contribution >= 0.6 is 23.4 Å². The van der Waals surface area contributed by atoms with E-state index in [4.69, 9.17) is 21.6 Å². The molecule has 7 heteroatoms. The van der Waals surface area contributed by atoms with Crippen LogP contribution in [0.5, 0.6) is 0 Å². The Morgan fingerprint density at radius 2 is 1.84 bits per heavy atom. The zero-order chi connectivity index (χ0) is 22.7. The SMILES string of the molecule is CCN1CCC2(CC1)N=C(SCC(=O)Nc1cccc(C)c1C)C(c1ccc(Cl)cc1)=N2. The summed E-state index contributed by atoms with van der Waals surface area (Å²) < 4.78 is 0. The normalized spacial score (nSPS) is 17.9. The van der Waals surface area contributed by atoms with Gasteiger partial charge in [0.2, 0.25) is 5.91 Å². The molecule has 2 aromatic carbocycles. The molecular weight excluding hydrogens is 440 g/mol. The first-order chi connectivity index (χ1) is 15.4. The Kier molecular flexibility index (Phi) is 7.03. The Morgan fingerprint density at radius 1 is 1.12 bits per heavy atom. The van der Waals surface area contributed by atoms with Crippen molar-refractivity contribution in [2.75, 3.05) is 30.7 Å². The predicted octanol–water partition coefficient (Wildman–Crippen LogP) is 5.34. The number of likely N-dealkylation sites (tertiary alicyclic amines) is 1. The lowest BCUT2D eigenvalue weighted by Gasteiger charge is -2.34. The average molecular weight is 469 g/mol. The Bertz CT molecular complexity index is 1060. The number of aryl methyl sites for hydroxylation is 1. The van der Waals surface area contributed by atoms with Crippen molar-refractivity contribution >= 4 is 45.7 Å². The highest BCUT2D eigenvalue weighted by Gasteiger charge is 2.39. The summed E-state index contributed by atoms with van der Waals surface area (Å²) in [5.41, 5.74) is 4.56. The van der Waals surface area contributed by atoms with Crippen molar-refractivity contribution < 1.29 is 4.79 Å². The van der Waals surface area contributed by atoms with Crippen molar-refractivity contribution in [3.63, 3.8) is 0 Å². The van der Waals surface area contributed by atoms with E-state index in [1.165, 1.54) is 11.8 Å². The van der Waals surface area contributed by atoms with Crippen molar-refractivity contribution in [2.45, 2.75) is 39.3 Å². The fourth-order valence-corrected chi connectivity index (χ4v) is 5.08. The van der Waals surface area contributed by atoms with Gasteiger partial charge >= 0.3 is 0 Å². The number of rotatable bonds is 5. The molecule has 1 N–H and O–H groups in total. The van der Waals surface area contributed by atoms with Crippen LogP contribution in [0, 0.1) is 13.8 Å². The molecule has 4 rings (SSSR count). The van der Waals surface area contributed by atoms with Gasteiger partial charge in [-0.15, -0.1) is 0 Å². The highest BCUT2D eigenvalue weighted by molar-refractivity contribution is 8.16. The van der Waals surface area contributed by atoms with Crippen LogP contribution in [-0.4, -0.2) is 52.6 Å². The zero-order valence-electron chi connectivity index (χ0n) is 18.8. The zero-order valence-corrected chi connectivity index (χ0v) is 20.4. The Labute approximate surface area is 199 Å². The summed E-state index contributed by atoms with van der Waals surface area (Å²) in [7, 11) is 0. The maximum Gasteiger partial charge on any atom is 0.234 e. The number of nitrogens with zero attached hydrogens (tertiary/aromatic N) is 3. The first-order valence-corrected chi connectivity index (χ1v) is 12.4. The molecule has 2 heterocycles. The third-order valence-electron chi connectivity index (χ3n) is 6.27. The van der Waals surface area contributed by atoms with Crippen LogP contribution in [0.15, 0.2) is 52.4 Å². The third kappa shape index (κ3) is 5.08. The molecule has 5 nitrogen and oxygen atoms in total. The maximum absolute atomic E-state index is 12.7. The molecule has 2 aliphatic heterocycles. The average Bonchev–Trinajstić information content (AvgIpc) is 3.14.